The average Bonchev–Trinajstić information content (AvgIpc) is 2.90. The summed E-state index contributed by atoms with van der Waals surface area (Å²) in [5.74, 6) is -0.981. The summed E-state index contributed by atoms with van der Waals surface area (Å²) in [6.07, 6.45) is 4.54. The van der Waals surface area contributed by atoms with Crippen LogP contribution >= 0.6 is 11.3 Å². The van der Waals surface area contributed by atoms with E-state index in [1.807, 2.05) is 23.7 Å². The largest absolute Gasteiger partial charge is 0.478 e. The summed E-state index contributed by atoms with van der Waals surface area (Å²) in [7, 11) is 0. The molecule has 78 valence electrons. The molecule has 0 unspecified atom stereocenters. The van der Waals surface area contributed by atoms with Gasteiger partial charge < -0.3 is 10.1 Å². The normalized spacial score (nSPS) is 8.80. The summed E-state index contributed by atoms with van der Waals surface area (Å²) in [4.78, 5) is 16.5. The predicted octanol–water partition coefficient (Wildman–Crippen LogP) is 2.40. The van der Waals surface area contributed by atoms with Gasteiger partial charge in [-0.25, -0.2) is 9.78 Å². The van der Waals surface area contributed by atoms with E-state index in [1.165, 1.54) is 0 Å². The third-order valence-electron chi connectivity index (χ3n) is 1.44. The maximum atomic E-state index is 9.25. The minimum Gasteiger partial charge on any atom is -0.478 e. The van der Waals surface area contributed by atoms with Crippen molar-refractivity contribution in [2.45, 2.75) is 0 Å². The Hall–Kier alpha value is -1.88. The van der Waals surface area contributed by atoms with Crippen LogP contribution in [0.3, 0.4) is 0 Å². The zero-order chi connectivity index (χ0) is 11.1. The fourth-order valence-electron chi connectivity index (χ4n) is 0.820. The molecule has 2 N–H and O–H groups in total. The van der Waals surface area contributed by atoms with E-state index in [-0.39, 0.29) is 0 Å². The zero-order valence-electron chi connectivity index (χ0n) is 7.88. The lowest BCUT2D eigenvalue weighted by molar-refractivity contribution is -0.131. The topological polar surface area (TPSA) is 66.0 Å². The molecule has 2 aromatic rings. The lowest BCUT2D eigenvalue weighted by atomic mass is 10.5. The number of aliphatic carboxylic acids is 1. The van der Waals surface area contributed by atoms with Gasteiger partial charge in [-0.1, -0.05) is 6.58 Å². The minimum atomic E-state index is -0.981. The molecule has 0 spiro atoms. The van der Waals surface area contributed by atoms with Crippen molar-refractivity contribution in [2.24, 2.45) is 0 Å². The standard InChI is InChI=1S/C7H6N2S.C3H4O2/c1-2-6(8-3-1)7-9-4-5-10-7;1-2-3(4)5/h1-5,8H;2H,1H2,(H,4,5). The maximum absolute atomic E-state index is 9.25. The van der Waals surface area contributed by atoms with E-state index in [0.29, 0.717) is 0 Å². The van der Waals surface area contributed by atoms with Crippen LogP contribution in [0.15, 0.2) is 42.6 Å². The number of carboxylic acids is 1. The van der Waals surface area contributed by atoms with Crippen LogP contribution in [-0.4, -0.2) is 21.0 Å². The first-order chi connectivity index (χ1) is 7.24. The number of H-pyrrole nitrogens is 1. The number of aromatic nitrogens is 2. The van der Waals surface area contributed by atoms with Gasteiger partial charge in [0.2, 0.25) is 0 Å². The molecule has 0 aliphatic rings. The highest BCUT2D eigenvalue weighted by molar-refractivity contribution is 7.13. The van der Waals surface area contributed by atoms with E-state index < -0.39 is 5.97 Å². The summed E-state index contributed by atoms with van der Waals surface area (Å²) in [5, 5.41) is 10.6. The lowest BCUT2D eigenvalue weighted by Crippen LogP contribution is -1.82. The average molecular weight is 222 g/mol. The van der Waals surface area contributed by atoms with Gasteiger partial charge in [0.1, 0.15) is 5.01 Å². The van der Waals surface area contributed by atoms with Gasteiger partial charge in [0.25, 0.3) is 0 Å². The summed E-state index contributed by atoms with van der Waals surface area (Å²) >= 11 is 1.64. The van der Waals surface area contributed by atoms with Gasteiger partial charge in [-0.2, -0.15) is 0 Å². The maximum Gasteiger partial charge on any atom is 0.327 e. The van der Waals surface area contributed by atoms with Crippen molar-refractivity contribution in [1.29, 1.82) is 0 Å². The van der Waals surface area contributed by atoms with E-state index >= 15 is 0 Å². The van der Waals surface area contributed by atoms with Crippen molar-refractivity contribution < 1.29 is 9.90 Å². The molecule has 0 saturated heterocycles. The second-order valence-electron chi connectivity index (χ2n) is 2.46. The molecule has 2 heterocycles. The van der Waals surface area contributed by atoms with Crippen LogP contribution in [0.2, 0.25) is 0 Å². The highest BCUT2D eigenvalue weighted by Gasteiger charge is 1.97. The number of carboxylic acid groups (broad SMARTS) is 1. The van der Waals surface area contributed by atoms with E-state index in [4.69, 9.17) is 5.11 Å². The predicted molar refractivity (Wildman–Crippen MR) is 59.7 cm³/mol. The van der Waals surface area contributed by atoms with E-state index in [2.05, 4.69) is 16.5 Å². The van der Waals surface area contributed by atoms with Crippen molar-refractivity contribution in [3.05, 3.63) is 42.6 Å². The SMILES string of the molecule is C=CC(=O)O.c1c[nH]c(-c2nccs2)c1. The van der Waals surface area contributed by atoms with Gasteiger partial charge in [-0.15, -0.1) is 11.3 Å². The molecule has 0 bridgehead atoms. The van der Waals surface area contributed by atoms with Crippen LogP contribution < -0.4 is 0 Å². The number of rotatable bonds is 2. The van der Waals surface area contributed by atoms with E-state index in [1.54, 1.807) is 17.5 Å². The van der Waals surface area contributed by atoms with Crippen molar-refractivity contribution >= 4 is 17.3 Å². The number of nitrogens with zero attached hydrogens (tertiary/aromatic N) is 1. The quantitative estimate of drug-likeness (QED) is 0.767. The Balaban J connectivity index is 0.000000195. The Morgan fingerprint density at radius 2 is 2.40 bits per heavy atom. The third kappa shape index (κ3) is 3.78. The number of hydrogen-bond donors (Lipinski definition) is 2. The van der Waals surface area contributed by atoms with Gasteiger partial charge >= 0.3 is 5.97 Å². The smallest absolute Gasteiger partial charge is 0.327 e. The second kappa shape index (κ2) is 5.77. The molecule has 0 radical (unpaired) electrons. The molecule has 4 nitrogen and oxygen atoms in total. The van der Waals surface area contributed by atoms with Crippen LogP contribution in [0.5, 0.6) is 0 Å². The molecule has 2 aromatic heterocycles. The number of aromatic amines is 1. The molecule has 0 aliphatic carbocycles. The molecule has 0 aliphatic heterocycles. The van der Waals surface area contributed by atoms with Crippen LogP contribution in [0.1, 0.15) is 0 Å². The molecule has 0 fully saturated rings. The molecule has 2 rings (SSSR count). The Kier molecular flexibility index (Phi) is 4.30. The molecule has 0 aromatic carbocycles. The van der Waals surface area contributed by atoms with Crippen molar-refractivity contribution in [2.75, 3.05) is 0 Å². The molecule has 5 heteroatoms. The third-order valence-corrected chi connectivity index (χ3v) is 2.24. The second-order valence-corrected chi connectivity index (χ2v) is 3.36. The molecule has 0 amide bonds. The van der Waals surface area contributed by atoms with E-state index in [0.717, 1.165) is 16.8 Å². The highest BCUT2D eigenvalue weighted by atomic mass is 32.1. The number of hydrogen-bond acceptors (Lipinski definition) is 3. The lowest BCUT2D eigenvalue weighted by Gasteiger charge is -1.85. The first-order valence-corrected chi connectivity index (χ1v) is 5.00. The van der Waals surface area contributed by atoms with Crippen LogP contribution in [-0.2, 0) is 4.79 Å². The van der Waals surface area contributed by atoms with Crippen molar-refractivity contribution in [1.82, 2.24) is 9.97 Å². The van der Waals surface area contributed by atoms with Gasteiger partial charge in [-0.05, 0) is 12.1 Å². The molecule has 0 saturated carbocycles. The Bertz CT molecular complexity index is 374. The summed E-state index contributed by atoms with van der Waals surface area (Å²) in [5.41, 5.74) is 1.09. The molecular formula is C10H10N2O2S. The number of nitrogens with one attached hydrogen (secondary N) is 1. The number of carbonyl (C=O) groups is 1. The summed E-state index contributed by atoms with van der Waals surface area (Å²) in [6, 6.07) is 3.98. The minimum absolute atomic E-state index is 0.833. The van der Waals surface area contributed by atoms with Gasteiger partial charge in [-0.3, -0.25) is 0 Å². The van der Waals surface area contributed by atoms with Crippen LogP contribution in [0, 0.1) is 0 Å². The van der Waals surface area contributed by atoms with Crippen LogP contribution in [0.25, 0.3) is 10.7 Å². The monoisotopic (exact) mass is 222 g/mol. The number of thiazole rings is 1. The van der Waals surface area contributed by atoms with Gasteiger partial charge in [0, 0.05) is 23.8 Å². The van der Waals surface area contributed by atoms with Crippen molar-refractivity contribution in [3.63, 3.8) is 0 Å². The fourth-order valence-corrected chi connectivity index (χ4v) is 1.45. The fraction of sp³-hybridized carbons (Fsp3) is 0. The van der Waals surface area contributed by atoms with Crippen molar-refractivity contribution in [3.8, 4) is 10.7 Å². The van der Waals surface area contributed by atoms with E-state index in [9.17, 15) is 4.79 Å². The Morgan fingerprint density at radius 3 is 2.80 bits per heavy atom. The molecule has 15 heavy (non-hydrogen) atoms. The highest BCUT2D eigenvalue weighted by Crippen LogP contribution is 2.18. The van der Waals surface area contributed by atoms with Crippen LogP contribution in [0.4, 0.5) is 0 Å². The first kappa shape index (κ1) is 11.2. The first-order valence-electron chi connectivity index (χ1n) is 4.12. The zero-order valence-corrected chi connectivity index (χ0v) is 8.70. The summed E-state index contributed by atoms with van der Waals surface area (Å²) in [6.45, 7) is 2.96. The Labute approximate surface area is 90.9 Å². The molecular weight excluding hydrogens is 212 g/mol. The van der Waals surface area contributed by atoms with Gasteiger partial charge in [0.15, 0.2) is 0 Å². The molecule has 0 atom stereocenters. The van der Waals surface area contributed by atoms with Gasteiger partial charge in [0.05, 0.1) is 5.69 Å². The Morgan fingerprint density at radius 1 is 1.67 bits per heavy atom. The summed E-state index contributed by atoms with van der Waals surface area (Å²) < 4.78 is 0.